The standard InChI is InChI=1S/C18H21N3O3/c1-11(2)19-17(23)15-5-4-6-16(21-15)18(24)20-12(3)13-7-9-14(22)10-8-13/h4-12,22H,1-3H3,(H,19,23)(H,20,24)/t12-/m1/s1. The van der Waals surface area contributed by atoms with E-state index in [1.807, 2.05) is 20.8 Å². The lowest BCUT2D eigenvalue weighted by Crippen LogP contribution is -2.32. The molecule has 2 amide bonds. The van der Waals surface area contributed by atoms with E-state index >= 15 is 0 Å². The highest BCUT2D eigenvalue weighted by molar-refractivity contribution is 5.96. The van der Waals surface area contributed by atoms with Gasteiger partial charge in [-0.05, 0) is 50.6 Å². The van der Waals surface area contributed by atoms with Crippen LogP contribution in [0.2, 0.25) is 0 Å². The van der Waals surface area contributed by atoms with E-state index in [9.17, 15) is 14.7 Å². The van der Waals surface area contributed by atoms with Gasteiger partial charge in [0.05, 0.1) is 6.04 Å². The van der Waals surface area contributed by atoms with Gasteiger partial charge in [-0.25, -0.2) is 4.98 Å². The molecule has 3 N–H and O–H groups in total. The van der Waals surface area contributed by atoms with Gasteiger partial charge in [-0.15, -0.1) is 0 Å². The zero-order valence-corrected chi connectivity index (χ0v) is 13.9. The molecule has 0 aliphatic carbocycles. The summed E-state index contributed by atoms with van der Waals surface area (Å²) in [6.45, 7) is 5.54. The largest absolute Gasteiger partial charge is 0.508 e. The number of amides is 2. The maximum atomic E-state index is 12.3. The monoisotopic (exact) mass is 327 g/mol. The zero-order chi connectivity index (χ0) is 17.7. The van der Waals surface area contributed by atoms with Crippen LogP contribution < -0.4 is 10.6 Å². The summed E-state index contributed by atoms with van der Waals surface area (Å²) in [5, 5.41) is 14.9. The molecule has 1 aromatic carbocycles. The van der Waals surface area contributed by atoms with Crippen molar-refractivity contribution >= 4 is 11.8 Å². The van der Waals surface area contributed by atoms with Crippen LogP contribution in [0.25, 0.3) is 0 Å². The highest BCUT2D eigenvalue weighted by Gasteiger charge is 2.15. The summed E-state index contributed by atoms with van der Waals surface area (Å²) in [6, 6.07) is 11.1. The van der Waals surface area contributed by atoms with Crippen LogP contribution in [0, 0.1) is 0 Å². The van der Waals surface area contributed by atoms with Gasteiger partial charge in [-0.3, -0.25) is 9.59 Å². The maximum Gasteiger partial charge on any atom is 0.270 e. The third-order valence-corrected chi connectivity index (χ3v) is 3.37. The van der Waals surface area contributed by atoms with Gasteiger partial charge < -0.3 is 15.7 Å². The molecule has 0 aliphatic rings. The fraction of sp³-hybridized carbons (Fsp3) is 0.278. The van der Waals surface area contributed by atoms with Crippen molar-refractivity contribution < 1.29 is 14.7 Å². The molecule has 0 fully saturated rings. The van der Waals surface area contributed by atoms with Crippen LogP contribution in [0.15, 0.2) is 42.5 Å². The van der Waals surface area contributed by atoms with Crippen molar-refractivity contribution in [3.05, 3.63) is 59.4 Å². The number of rotatable bonds is 5. The van der Waals surface area contributed by atoms with Gasteiger partial charge in [-0.2, -0.15) is 0 Å². The molecule has 1 heterocycles. The number of pyridine rings is 1. The Morgan fingerprint density at radius 1 is 0.917 bits per heavy atom. The Hall–Kier alpha value is -2.89. The smallest absolute Gasteiger partial charge is 0.270 e. The van der Waals surface area contributed by atoms with Crippen LogP contribution in [-0.2, 0) is 0 Å². The molecule has 24 heavy (non-hydrogen) atoms. The number of phenols is 1. The molecule has 6 nitrogen and oxygen atoms in total. The van der Waals surface area contributed by atoms with E-state index < -0.39 is 0 Å². The summed E-state index contributed by atoms with van der Waals surface area (Å²) in [6.07, 6.45) is 0. The molecule has 0 bridgehead atoms. The Morgan fingerprint density at radius 3 is 2.00 bits per heavy atom. The number of hydrogen-bond donors (Lipinski definition) is 3. The number of nitrogens with one attached hydrogen (secondary N) is 2. The number of hydrogen-bond acceptors (Lipinski definition) is 4. The van der Waals surface area contributed by atoms with Crippen LogP contribution >= 0.6 is 0 Å². The second kappa shape index (κ2) is 7.59. The number of phenolic OH excluding ortho intramolecular Hbond substituents is 1. The minimum atomic E-state index is -0.366. The van der Waals surface area contributed by atoms with E-state index in [1.54, 1.807) is 42.5 Å². The molecule has 0 unspecified atom stereocenters. The molecule has 0 aliphatic heterocycles. The van der Waals surface area contributed by atoms with E-state index in [0.717, 1.165) is 5.56 Å². The average molecular weight is 327 g/mol. The highest BCUT2D eigenvalue weighted by Crippen LogP contribution is 2.16. The predicted octanol–water partition coefficient (Wildman–Crippen LogP) is 2.42. The molecule has 0 saturated heterocycles. The Bertz CT molecular complexity index is 727. The van der Waals surface area contributed by atoms with Crippen molar-refractivity contribution in [3.63, 3.8) is 0 Å². The summed E-state index contributed by atoms with van der Waals surface area (Å²) < 4.78 is 0. The second-order valence-corrected chi connectivity index (χ2v) is 5.82. The molecule has 1 atom stereocenters. The fourth-order valence-corrected chi connectivity index (χ4v) is 2.14. The summed E-state index contributed by atoms with van der Waals surface area (Å²) in [5.41, 5.74) is 1.24. The number of carbonyl (C=O) groups is 2. The van der Waals surface area contributed by atoms with E-state index in [1.165, 1.54) is 0 Å². The summed E-state index contributed by atoms with van der Waals surface area (Å²) in [4.78, 5) is 28.4. The van der Waals surface area contributed by atoms with Crippen LogP contribution in [0.5, 0.6) is 5.75 Å². The Kier molecular flexibility index (Phi) is 5.52. The second-order valence-electron chi connectivity index (χ2n) is 5.82. The first-order chi connectivity index (χ1) is 11.4. The van der Waals surface area contributed by atoms with E-state index in [4.69, 9.17) is 0 Å². The number of aromatic nitrogens is 1. The lowest BCUT2D eigenvalue weighted by molar-refractivity contribution is 0.0932. The van der Waals surface area contributed by atoms with Gasteiger partial charge in [-0.1, -0.05) is 18.2 Å². The molecular weight excluding hydrogens is 306 g/mol. The quantitative estimate of drug-likeness (QED) is 0.786. The summed E-state index contributed by atoms with van der Waals surface area (Å²) in [7, 11) is 0. The molecule has 1 aromatic heterocycles. The molecule has 0 radical (unpaired) electrons. The first kappa shape index (κ1) is 17.5. The highest BCUT2D eigenvalue weighted by atomic mass is 16.3. The minimum absolute atomic E-state index is 0.00805. The van der Waals surface area contributed by atoms with Crippen molar-refractivity contribution in [2.45, 2.75) is 32.9 Å². The summed E-state index contributed by atoms with van der Waals surface area (Å²) in [5.74, 6) is -0.510. The molecule has 0 saturated carbocycles. The van der Waals surface area contributed by atoms with Crippen molar-refractivity contribution in [3.8, 4) is 5.75 Å². The van der Waals surface area contributed by atoms with Crippen molar-refractivity contribution in [2.75, 3.05) is 0 Å². The van der Waals surface area contributed by atoms with E-state index in [0.29, 0.717) is 0 Å². The third-order valence-electron chi connectivity index (χ3n) is 3.37. The first-order valence-corrected chi connectivity index (χ1v) is 7.74. The Labute approximate surface area is 140 Å². The van der Waals surface area contributed by atoms with Crippen molar-refractivity contribution in [2.24, 2.45) is 0 Å². The molecule has 2 aromatic rings. The SMILES string of the molecule is CC(C)NC(=O)c1cccc(C(=O)N[C@H](C)c2ccc(O)cc2)n1. The lowest BCUT2D eigenvalue weighted by Gasteiger charge is -2.14. The third kappa shape index (κ3) is 4.55. The van der Waals surface area contributed by atoms with E-state index in [2.05, 4.69) is 15.6 Å². The van der Waals surface area contributed by atoms with Gasteiger partial charge in [0.1, 0.15) is 17.1 Å². The predicted molar refractivity (Wildman–Crippen MR) is 90.8 cm³/mol. The number of benzene rings is 1. The molecular formula is C18H21N3O3. The first-order valence-electron chi connectivity index (χ1n) is 7.74. The molecule has 2 rings (SSSR count). The van der Waals surface area contributed by atoms with Crippen LogP contribution in [0.4, 0.5) is 0 Å². The minimum Gasteiger partial charge on any atom is -0.508 e. The van der Waals surface area contributed by atoms with Gasteiger partial charge in [0.2, 0.25) is 0 Å². The van der Waals surface area contributed by atoms with Gasteiger partial charge in [0, 0.05) is 6.04 Å². The Balaban J connectivity index is 2.09. The number of nitrogens with zero attached hydrogens (tertiary/aromatic N) is 1. The van der Waals surface area contributed by atoms with Crippen LogP contribution in [0.3, 0.4) is 0 Å². The van der Waals surface area contributed by atoms with Gasteiger partial charge in [0.15, 0.2) is 0 Å². The molecule has 6 heteroatoms. The van der Waals surface area contributed by atoms with Gasteiger partial charge >= 0.3 is 0 Å². The van der Waals surface area contributed by atoms with Crippen molar-refractivity contribution in [1.29, 1.82) is 0 Å². The molecule has 126 valence electrons. The maximum absolute atomic E-state index is 12.3. The topological polar surface area (TPSA) is 91.3 Å². The number of carbonyl (C=O) groups excluding carboxylic acids is 2. The lowest BCUT2D eigenvalue weighted by atomic mass is 10.1. The van der Waals surface area contributed by atoms with E-state index in [-0.39, 0.29) is 41.0 Å². The van der Waals surface area contributed by atoms with Crippen LogP contribution in [-0.4, -0.2) is 27.9 Å². The number of aromatic hydroxyl groups is 1. The molecule has 0 spiro atoms. The Morgan fingerprint density at radius 2 is 1.46 bits per heavy atom. The van der Waals surface area contributed by atoms with Gasteiger partial charge in [0.25, 0.3) is 11.8 Å². The zero-order valence-electron chi connectivity index (χ0n) is 13.9. The average Bonchev–Trinajstić information content (AvgIpc) is 2.54. The summed E-state index contributed by atoms with van der Waals surface area (Å²) >= 11 is 0. The van der Waals surface area contributed by atoms with Crippen molar-refractivity contribution in [1.82, 2.24) is 15.6 Å². The fourth-order valence-electron chi connectivity index (χ4n) is 2.14. The van der Waals surface area contributed by atoms with Crippen LogP contribution in [0.1, 0.15) is 53.4 Å². The normalized spacial score (nSPS) is 11.8.